The summed E-state index contributed by atoms with van der Waals surface area (Å²) in [6.07, 6.45) is 17.9. The molecule has 12 nitrogen and oxygen atoms in total. The van der Waals surface area contributed by atoms with Gasteiger partial charge in [0.15, 0.2) is 0 Å². The number of rotatable bonds is 14. The molecule has 0 saturated heterocycles. The van der Waals surface area contributed by atoms with E-state index in [1.807, 2.05) is 101 Å². The van der Waals surface area contributed by atoms with Gasteiger partial charge >= 0.3 is 23.9 Å². The van der Waals surface area contributed by atoms with E-state index in [2.05, 4.69) is 73.1 Å². The maximum Gasteiger partial charge on any atom is 0.322 e. The highest BCUT2D eigenvalue weighted by Crippen LogP contribution is 2.53. The molecule has 0 atom stereocenters. The SMILES string of the molecule is CCOC(=O)C1(Sc2ccnc3ccc(Br)cc23)CCC1.CCOC(=O)C1(Sc2ccnc3ccc(C)cc23)CCC1.Cc1ccc2nccc(SC3(C(=O)O)CCC3)c2c1.Cc1ccc2nccc(SC3(C(=O)O)CCC3)c2c1. The number of carboxylic acid groups (broad SMARTS) is 2. The van der Waals surface area contributed by atoms with Gasteiger partial charge in [0, 0.05) is 70.4 Å². The van der Waals surface area contributed by atoms with Crippen LogP contribution in [-0.4, -0.2) is 86.2 Å². The summed E-state index contributed by atoms with van der Waals surface area (Å²) in [4.78, 5) is 69.3. The fraction of sp³-hybridized carbons (Fsp3) is 0.365. The van der Waals surface area contributed by atoms with E-state index in [4.69, 9.17) is 9.47 Å². The zero-order valence-electron chi connectivity index (χ0n) is 45.6. The van der Waals surface area contributed by atoms with E-state index in [1.54, 1.807) is 42.1 Å². The highest BCUT2D eigenvalue weighted by molar-refractivity contribution is 9.10. The number of pyridine rings is 4. The van der Waals surface area contributed by atoms with Crippen molar-refractivity contribution >= 4 is 130 Å². The molecule has 12 rings (SSSR count). The fourth-order valence-corrected chi connectivity index (χ4v) is 16.0. The third-order valence-electron chi connectivity index (χ3n) is 15.2. The Morgan fingerprint density at radius 3 is 0.975 bits per heavy atom. The van der Waals surface area contributed by atoms with E-state index in [-0.39, 0.29) is 11.9 Å². The Kier molecular flexibility index (Phi) is 18.9. The van der Waals surface area contributed by atoms with Gasteiger partial charge in [-0.05, 0) is 191 Å². The minimum absolute atomic E-state index is 0.0705. The number of thioether (sulfide) groups is 4. The second-order valence-electron chi connectivity index (χ2n) is 20.8. The first-order valence-corrected chi connectivity index (χ1v) is 31.2. The molecule has 4 aromatic heterocycles. The summed E-state index contributed by atoms with van der Waals surface area (Å²) in [5.41, 5.74) is 7.31. The van der Waals surface area contributed by atoms with E-state index >= 15 is 0 Å². The number of nitrogens with zero attached hydrogens (tertiary/aromatic N) is 4. The second-order valence-corrected chi connectivity index (χ2v) is 27.4. The number of ether oxygens (including phenoxy) is 2. The molecule has 416 valence electrons. The monoisotopic (exact) mass is 1210 g/mol. The third-order valence-corrected chi connectivity index (χ3v) is 21.9. The standard InChI is InChI=1S/C17H19NO2S.C16H16BrNO2S.2C15H15NO2S/c1-3-20-16(19)17(8-4-9-17)21-15-7-10-18-14-6-5-12(2)11-13(14)15;1-2-20-15(19)16(7-3-8-16)21-14-6-9-18-13-5-4-11(17)10-12(13)14;2*1-10-3-4-12-11(9-10)13(5-8-16-12)19-15(14(17)18)6-2-7-15/h5-7,10-11H,3-4,8-9H2,1-2H3;4-6,9-10H,2-3,7-8H2,1H3;2*3-5,8-9H,2,6-7H2,1H3,(H,17,18). The number of halogens is 1. The molecule has 8 aromatic rings. The van der Waals surface area contributed by atoms with Crippen LogP contribution >= 0.6 is 63.0 Å². The van der Waals surface area contributed by atoms with Crippen molar-refractivity contribution in [3.8, 4) is 0 Å². The summed E-state index contributed by atoms with van der Waals surface area (Å²) >= 11 is 9.75. The maximum absolute atomic E-state index is 12.3. The molecule has 4 aliphatic carbocycles. The van der Waals surface area contributed by atoms with Gasteiger partial charge in [0.1, 0.15) is 19.0 Å². The molecule has 4 heterocycles. The van der Waals surface area contributed by atoms with E-state index in [9.17, 15) is 29.4 Å². The largest absolute Gasteiger partial charge is 0.480 e. The minimum Gasteiger partial charge on any atom is -0.480 e. The van der Waals surface area contributed by atoms with Crippen LogP contribution in [0.4, 0.5) is 0 Å². The molecule has 0 unspecified atom stereocenters. The van der Waals surface area contributed by atoms with Crippen LogP contribution in [0.5, 0.6) is 0 Å². The third kappa shape index (κ3) is 13.0. The van der Waals surface area contributed by atoms with Crippen LogP contribution < -0.4 is 0 Å². The Morgan fingerprint density at radius 2 is 0.713 bits per heavy atom. The van der Waals surface area contributed by atoms with Crippen LogP contribution in [0, 0.1) is 20.8 Å². The quantitative estimate of drug-likeness (QED) is 0.0981. The summed E-state index contributed by atoms with van der Waals surface area (Å²) in [5, 5.41) is 23.2. The van der Waals surface area contributed by atoms with E-state index < -0.39 is 30.9 Å². The molecular weight excluding hydrogens is 1150 g/mol. The first-order valence-electron chi connectivity index (χ1n) is 27.2. The number of aliphatic carboxylic acids is 2. The van der Waals surface area contributed by atoms with Crippen molar-refractivity contribution in [2.75, 3.05) is 13.2 Å². The first kappa shape index (κ1) is 58.9. The number of carboxylic acids is 2. The number of carbonyl (C=O) groups excluding carboxylic acids is 2. The summed E-state index contributed by atoms with van der Waals surface area (Å²) < 4.78 is 9.51. The summed E-state index contributed by atoms with van der Waals surface area (Å²) in [6, 6.07) is 32.3. The second kappa shape index (κ2) is 25.6. The topological polar surface area (TPSA) is 179 Å². The molecule has 0 aliphatic heterocycles. The number of benzene rings is 4. The number of hydrogen-bond acceptors (Lipinski definition) is 14. The number of fused-ring (bicyclic) bond motifs is 4. The molecule has 4 saturated carbocycles. The van der Waals surface area contributed by atoms with Gasteiger partial charge < -0.3 is 19.7 Å². The molecule has 0 bridgehead atoms. The molecule has 0 radical (unpaired) electrons. The Morgan fingerprint density at radius 1 is 0.438 bits per heavy atom. The number of aromatic nitrogens is 4. The van der Waals surface area contributed by atoms with Crippen molar-refractivity contribution in [1.82, 2.24) is 19.9 Å². The lowest BCUT2D eigenvalue weighted by Crippen LogP contribution is -2.43. The van der Waals surface area contributed by atoms with Crippen LogP contribution in [0.25, 0.3) is 43.6 Å². The molecule has 2 N–H and O–H groups in total. The van der Waals surface area contributed by atoms with Crippen LogP contribution in [0.1, 0.15) is 108 Å². The van der Waals surface area contributed by atoms with Gasteiger partial charge in [0.25, 0.3) is 0 Å². The molecule has 0 spiro atoms. The molecule has 17 heteroatoms. The lowest BCUT2D eigenvalue weighted by atomic mass is 9.84. The van der Waals surface area contributed by atoms with Gasteiger partial charge in [-0.1, -0.05) is 50.8 Å². The number of esters is 2. The summed E-state index contributed by atoms with van der Waals surface area (Å²) in [7, 11) is 0. The molecule has 4 aliphatic rings. The average Bonchev–Trinajstić information content (AvgIpc) is 3.39. The number of carbonyl (C=O) groups is 4. The zero-order chi connectivity index (χ0) is 56.7. The molecule has 80 heavy (non-hydrogen) atoms. The van der Waals surface area contributed by atoms with Crippen LogP contribution in [-0.2, 0) is 28.7 Å². The fourth-order valence-electron chi connectivity index (χ4n) is 9.93. The van der Waals surface area contributed by atoms with E-state index in [1.165, 1.54) is 40.2 Å². The summed E-state index contributed by atoms with van der Waals surface area (Å²) in [6.45, 7) is 10.7. The predicted molar refractivity (Wildman–Crippen MR) is 327 cm³/mol. The summed E-state index contributed by atoms with van der Waals surface area (Å²) in [5.74, 6) is -1.54. The maximum atomic E-state index is 12.3. The lowest BCUT2D eigenvalue weighted by molar-refractivity contribution is -0.149. The average molecular weight is 1210 g/mol. The van der Waals surface area contributed by atoms with Crippen LogP contribution in [0.3, 0.4) is 0 Å². The molecule has 0 amide bonds. The van der Waals surface area contributed by atoms with Gasteiger partial charge in [0.2, 0.25) is 0 Å². The van der Waals surface area contributed by atoms with E-state index in [0.29, 0.717) is 13.2 Å². The predicted octanol–water partition coefficient (Wildman–Crippen LogP) is 16.0. The van der Waals surface area contributed by atoms with Crippen molar-refractivity contribution in [2.45, 2.75) is 150 Å². The molecule has 4 fully saturated rings. The van der Waals surface area contributed by atoms with Gasteiger partial charge in [-0.2, -0.15) is 0 Å². The van der Waals surface area contributed by atoms with Gasteiger partial charge in [0.05, 0.1) is 35.3 Å². The Balaban J connectivity index is 0.000000129. The van der Waals surface area contributed by atoms with Gasteiger partial charge in [-0.3, -0.25) is 39.1 Å². The van der Waals surface area contributed by atoms with E-state index in [0.717, 1.165) is 145 Å². The first-order chi connectivity index (χ1) is 38.5. The molecule has 4 aromatic carbocycles. The smallest absolute Gasteiger partial charge is 0.322 e. The van der Waals surface area contributed by atoms with Gasteiger partial charge in [-0.15, -0.1) is 47.0 Å². The van der Waals surface area contributed by atoms with Crippen molar-refractivity contribution in [1.29, 1.82) is 0 Å². The highest BCUT2D eigenvalue weighted by Gasteiger charge is 2.49. The van der Waals surface area contributed by atoms with Crippen molar-refractivity contribution in [3.05, 3.63) is 143 Å². The minimum atomic E-state index is -0.693. The van der Waals surface area contributed by atoms with Crippen LogP contribution in [0.2, 0.25) is 0 Å². The van der Waals surface area contributed by atoms with Crippen molar-refractivity contribution in [3.63, 3.8) is 0 Å². The Labute approximate surface area is 492 Å². The number of aryl methyl sites for hydroxylation is 3. The Bertz CT molecular complexity index is 3370. The zero-order valence-corrected chi connectivity index (χ0v) is 50.4. The number of hydrogen-bond donors (Lipinski definition) is 2. The molecular formula is C63H65BrN4O8S4. The Hall–Kier alpha value is -5.72. The lowest BCUT2D eigenvalue weighted by Gasteiger charge is -2.38. The van der Waals surface area contributed by atoms with Crippen molar-refractivity contribution < 1.29 is 38.9 Å². The van der Waals surface area contributed by atoms with Gasteiger partial charge in [-0.25, -0.2) is 0 Å². The normalized spacial score (nSPS) is 16.8. The van der Waals surface area contributed by atoms with Crippen LogP contribution in [0.15, 0.2) is 146 Å². The van der Waals surface area contributed by atoms with Crippen molar-refractivity contribution in [2.24, 2.45) is 0 Å². The highest BCUT2D eigenvalue weighted by atomic mass is 79.9.